The van der Waals surface area contributed by atoms with Crippen LogP contribution in [0.25, 0.3) is 0 Å². The molecule has 1 heterocycles. The van der Waals surface area contributed by atoms with Crippen molar-refractivity contribution in [2.24, 2.45) is 5.73 Å². The van der Waals surface area contributed by atoms with Gasteiger partial charge in [0.1, 0.15) is 0 Å². The van der Waals surface area contributed by atoms with Crippen LogP contribution in [0, 0.1) is 10.1 Å². The molecular weight excluding hydrogens is 266 g/mol. The van der Waals surface area contributed by atoms with Gasteiger partial charge in [-0.2, -0.15) is 0 Å². The van der Waals surface area contributed by atoms with Crippen molar-refractivity contribution in [3.05, 3.63) is 62.9 Å². The number of hydrogen-bond acceptors (Lipinski definition) is 3. The molecule has 1 unspecified atom stereocenters. The van der Waals surface area contributed by atoms with E-state index in [1.165, 1.54) is 6.07 Å². The van der Waals surface area contributed by atoms with Crippen molar-refractivity contribution >= 4 is 17.3 Å². The van der Waals surface area contributed by atoms with Gasteiger partial charge in [0.2, 0.25) is 0 Å². The Morgan fingerprint density at radius 3 is 2.84 bits per heavy atom. The van der Waals surface area contributed by atoms with E-state index in [1.54, 1.807) is 12.1 Å². The van der Waals surface area contributed by atoms with E-state index >= 15 is 0 Å². The minimum absolute atomic E-state index is 0.0248. The van der Waals surface area contributed by atoms with E-state index in [-0.39, 0.29) is 11.7 Å². The first-order valence-corrected chi connectivity index (χ1v) is 6.20. The highest BCUT2D eigenvalue weighted by Gasteiger charge is 2.16. The Hall–Kier alpha value is -1.85. The molecule has 1 atom stereocenters. The molecular formula is C13H14ClN3O2. The monoisotopic (exact) mass is 279 g/mol. The number of nitrogens with zero attached hydrogens (tertiary/aromatic N) is 2. The molecule has 1 aromatic heterocycles. The fourth-order valence-corrected chi connectivity index (χ4v) is 2.18. The molecule has 0 saturated carbocycles. The van der Waals surface area contributed by atoms with Gasteiger partial charge in [-0.25, -0.2) is 0 Å². The van der Waals surface area contributed by atoms with Gasteiger partial charge >= 0.3 is 0 Å². The molecule has 0 aliphatic heterocycles. The van der Waals surface area contributed by atoms with Gasteiger partial charge in [0.15, 0.2) is 0 Å². The van der Waals surface area contributed by atoms with Crippen LogP contribution in [0.15, 0.2) is 36.5 Å². The Kier molecular flexibility index (Phi) is 3.87. The lowest BCUT2D eigenvalue weighted by molar-refractivity contribution is -0.385. The maximum Gasteiger partial charge on any atom is 0.275 e. The standard InChI is InChI=1S/C13H14ClN3O2/c1-9(15)12-3-2-6-16(12)8-10-4-5-11(14)7-13(10)17(18)19/h2-7,9H,8,15H2,1H3. The van der Waals surface area contributed by atoms with Gasteiger partial charge in [-0.15, -0.1) is 0 Å². The summed E-state index contributed by atoms with van der Waals surface area (Å²) in [5, 5.41) is 11.4. The van der Waals surface area contributed by atoms with Gasteiger partial charge < -0.3 is 10.3 Å². The van der Waals surface area contributed by atoms with Crippen LogP contribution in [0.5, 0.6) is 0 Å². The van der Waals surface area contributed by atoms with E-state index in [0.717, 1.165) is 5.69 Å². The van der Waals surface area contributed by atoms with Crippen molar-refractivity contribution in [1.29, 1.82) is 0 Å². The van der Waals surface area contributed by atoms with Crippen molar-refractivity contribution in [3.63, 3.8) is 0 Å². The Balaban J connectivity index is 2.38. The summed E-state index contributed by atoms with van der Waals surface area (Å²) in [5.74, 6) is 0. The van der Waals surface area contributed by atoms with Crippen LogP contribution < -0.4 is 5.73 Å². The second-order valence-corrected chi connectivity index (χ2v) is 4.82. The average molecular weight is 280 g/mol. The molecule has 0 bridgehead atoms. The zero-order chi connectivity index (χ0) is 14.0. The molecule has 0 saturated heterocycles. The first-order chi connectivity index (χ1) is 8.99. The molecule has 0 fully saturated rings. The van der Waals surface area contributed by atoms with Gasteiger partial charge in [0.25, 0.3) is 5.69 Å². The highest BCUT2D eigenvalue weighted by Crippen LogP contribution is 2.25. The third-order valence-corrected chi connectivity index (χ3v) is 3.15. The minimum atomic E-state index is -0.420. The van der Waals surface area contributed by atoms with Crippen LogP contribution in [0.1, 0.15) is 24.2 Å². The number of aromatic nitrogens is 1. The zero-order valence-corrected chi connectivity index (χ0v) is 11.2. The van der Waals surface area contributed by atoms with Crippen LogP contribution in [0.4, 0.5) is 5.69 Å². The number of hydrogen-bond donors (Lipinski definition) is 1. The maximum absolute atomic E-state index is 11.0. The number of halogens is 1. The number of rotatable bonds is 4. The number of nitrogens with two attached hydrogens (primary N) is 1. The Bertz CT molecular complexity index is 608. The third kappa shape index (κ3) is 2.94. The van der Waals surface area contributed by atoms with Crippen LogP contribution in [0.2, 0.25) is 5.02 Å². The Labute approximate surface area is 115 Å². The second kappa shape index (κ2) is 5.42. The predicted octanol–water partition coefficient (Wildman–Crippen LogP) is 3.12. The molecule has 19 heavy (non-hydrogen) atoms. The molecule has 2 N–H and O–H groups in total. The summed E-state index contributed by atoms with van der Waals surface area (Å²) in [6.07, 6.45) is 1.86. The summed E-state index contributed by atoms with van der Waals surface area (Å²) in [7, 11) is 0. The Morgan fingerprint density at radius 1 is 1.47 bits per heavy atom. The second-order valence-electron chi connectivity index (χ2n) is 4.38. The normalized spacial score (nSPS) is 12.4. The molecule has 0 amide bonds. The molecule has 0 spiro atoms. The quantitative estimate of drug-likeness (QED) is 0.690. The molecule has 1 aromatic carbocycles. The SMILES string of the molecule is CC(N)c1cccn1Cc1ccc(Cl)cc1[N+](=O)[O-]. The summed E-state index contributed by atoms with van der Waals surface area (Å²) < 4.78 is 1.90. The van der Waals surface area contributed by atoms with Crippen molar-refractivity contribution in [2.75, 3.05) is 0 Å². The molecule has 5 nitrogen and oxygen atoms in total. The van der Waals surface area contributed by atoms with E-state index in [4.69, 9.17) is 17.3 Å². The fraction of sp³-hybridized carbons (Fsp3) is 0.231. The van der Waals surface area contributed by atoms with Crippen LogP contribution >= 0.6 is 11.6 Å². The molecule has 6 heteroatoms. The highest BCUT2D eigenvalue weighted by molar-refractivity contribution is 6.30. The van der Waals surface area contributed by atoms with E-state index in [9.17, 15) is 10.1 Å². The Morgan fingerprint density at radius 2 is 2.21 bits per heavy atom. The summed E-state index contributed by atoms with van der Waals surface area (Å²) in [4.78, 5) is 10.6. The molecule has 2 aromatic rings. The maximum atomic E-state index is 11.0. The van der Waals surface area contributed by atoms with Gasteiger partial charge in [-0.05, 0) is 31.2 Å². The molecule has 0 aliphatic carbocycles. The molecule has 0 aliphatic rings. The number of nitro groups is 1. The van der Waals surface area contributed by atoms with Gasteiger partial charge in [-0.1, -0.05) is 11.6 Å². The third-order valence-electron chi connectivity index (χ3n) is 2.92. The lowest BCUT2D eigenvalue weighted by atomic mass is 10.1. The average Bonchev–Trinajstić information content (AvgIpc) is 2.79. The highest BCUT2D eigenvalue weighted by atomic mass is 35.5. The largest absolute Gasteiger partial charge is 0.345 e. The van der Waals surface area contributed by atoms with Crippen LogP contribution in [-0.4, -0.2) is 9.49 Å². The molecule has 2 rings (SSSR count). The first kappa shape index (κ1) is 13.6. The summed E-state index contributed by atoms with van der Waals surface area (Å²) in [5.41, 5.74) is 7.42. The lowest BCUT2D eigenvalue weighted by Gasteiger charge is -2.12. The van der Waals surface area contributed by atoms with Crippen molar-refractivity contribution in [1.82, 2.24) is 4.57 Å². The van der Waals surface area contributed by atoms with E-state index in [1.807, 2.05) is 29.8 Å². The zero-order valence-electron chi connectivity index (χ0n) is 10.4. The lowest BCUT2D eigenvalue weighted by Crippen LogP contribution is -2.13. The van der Waals surface area contributed by atoms with Crippen molar-refractivity contribution in [3.8, 4) is 0 Å². The van der Waals surface area contributed by atoms with Crippen LogP contribution in [-0.2, 0) is 6.54 Å². The minimum Gasteiger partial charge on any atom is -0.345 e. The van der Waals surface area contributed by atoms with Gasteiger partial charge in [0.05, 0.1) is 11.5 Å². The van der Waals surface area contributed by atoms with Gasteiger partial charge in [-0.3, -0.25) is 10.1 Å². The molecule has 0 radical (unpaired) electrons. The van der Waals surface area contributed by atoms with Crippen LogP contribution in [0.3, 0.4) is 0 Å². The number of benzene rings is 1. The van der Waals surface area contributed by atoms with E-state index in [0.29, 0.717) is 17.1 Å². The summed E-state index contributed by atoms with van der Waals surface area (Å²) in [6.45, 7) is 2.28. The summed E-state index contributed by atoms with van der Waals surface area (Å²) in [6, 6.07) is 8.35. The van der Waals surface area contributed by atoms with E-state index in [2.05, 4.69) is 0 Å². The smallest absolute Gasteiger partial charge is 0.275 e. The van der Waals surface area contributed by atoms with Crippen molar-refractivity contribution < 1.29 is 4.92 Å². The first-order valence-electron chi connectivity index (χ1n) is 5.82. The van der Waals surface area contributed by atoms with Gasteiger partial charge in [0, 0.05) is 34.6 Å². The molecule has 100 valence electrons. The predicted molar refractivity (Wildman–Crippen MR) is 74.2 cm³/mol. The topological polar surface area (TPSA) is 74.1 Å². The fourth-order valence-electron chi connectivity index (χ4n) is 2.01. The van der Waals surface area contributed by atoms with E-state index < -0.39 is 4.92 Å². The summed E-state index contributed by atoms with van der Waals surface area (Å²) >= 11 is 5.79. The van der Waals surface area contributed by atoms with Crippen molar-refractivity contribution in [2.45, 2.75) is 19.5 Å². The number of nitro benzene ring substituents is 1.